The SMILES string of the molecule is CCCCCOC(=O)[O-].CCCCCOC(=O)[O-].CCCCCOC(=O)[O-].CCCCCOC(=O)[O-].[Pu]. The summed E-state index contributed by atoms with van der Waals surface area (Å²) in [6.45, 7) is 9.26. The van der Waals surface area contributed by atoms with E-state index in [1.807, 2.05) is 27.7 Å². The Morgan fingerprint density at radius 2 is 0.568 bits per heavy atom. The number of hydrogen-bond acceptors (Lipinski definition) is 12. The van der Waals surface area contributed by atoms with Gasteiger partial charge in [0.1, 0.15) is 0 Å². The van der Waals surface area contributed by atoms with Gasteiger partial charge in [0.05, 0.1) is 0 Å². The van der Waals surface area contributed by atoms with Crippen LogP contribution in [0.3, 0.4) is 0 Å². The first-order valence-corrected chi connectivity index (χ1v) is 12.4. The molecule has 0 saturated heterocycles. The maximum atomic E-state index is 9.63. The molecule has 0 spiro atoms. The first-order valence-electron chi connectivity index (χ1n) is 12.4. The van der Waals surface area contributed by atoms with Gasteiger partial charge in [0.15, 0.2) is 0 Å². The normalized spacial score (nSPS) is 8.76. The minimum absolute atomic E-state index is 0. The topological polar surface area (TPSA) is 197 Å². The van der Waals surface area contributed by atoms with Gasteiger partial charge in [0.2, 0.25) is 0 Å². The first kappa shape index (κ1) is 45.0. The predicted octanol–water partition coefficient (Wildman–Crippen LogP) is 2.15. The van der Waals surface area contributed by atoms with Crippen LogP contribution in [0.4, 0.5) is 19.2 Å². The molecule has 0 aliphatic carbocycles. The van der Waals surface area contributed by atoms with Gasteiger partial charge in [-0.05, 0) is 25.7 Å². The monoisotopic (exact) mass is 762 g/mol. The molecule has 0 fully saturated rings. The second kappa shape index (κ2) is 41.2. The number of carbonyl (C=O) groups excluding carboxylic acids is 4. The van der Waals surface area contributed by atoms with Crippen LogP contribution in [0.15, 0.2) is 0 Å². The second-order valence-electron chi connectivity index (χ2n) is 7.22. The van der Waals surface area contributed by atoms with Gasteiger partial charge in [-0.25, -0.2) is 0 Å². The molecule has 12 nitrogen and oxygen atoms in total. The summed E-state index contributed by atoms with van der Waals surface area (Å²) in [6, 6.07) is 0. The summed E-state index contributed by atoms with van der Waals surface area (Å²) in [6.07, 6.45) is 5.78. The number of ether oxygens (including phenoxy) is 4. The summed E-state index contributed by atoms with van der Waals surface area (Å²) in [7, 11) is 0. The van der Waals surface area contributed by atoms with Gasteiger partial charge < -0.3 is 58.6 Å². The van der Waals surface area contributed by atoms with Gasteiger partial charge >= 0.3 is 0 Å². The average molecular weight is 769 g/mol. The van der Waals surface area contributed by atoms with Crippen molar-refractivity contribution < 1.29 is 87.7 Å². The van der Waals surface area contributed by atoms with Crippen LogP contribution in [0.1, 0.15) is 105 Å². The Balaban J connectivity index is -0.000000122. The molecule has 0 rings (SSSR count). The van der Waals surface area contributed by atoms with Gasteiger partial charge in [-0.15, -0.1) is 0 Å². The van der Waals surface area contributed by atoms with E-state index >= 15 is 0 Å². The van der Waals surface area contributed by atoms with Gasteiger partial charge in [-0.2, -0.15) is 0 Å². The van der Waals surface area contributed by atoms with E-state index in [9.17, 15) is 39.6 Å². The van der Waals surface area contributed by atoms with Crippen molar-refractivity contribution in [2.75, 3.05) is 26.4 Å². The zero-order valence-corrected chi connectivity index (χ0v) is 26.0. The van der Waals surface area contributed by atoms with Crippen molar-refractivity contribution in [2.24, 2.45) is 0 Å². The summed E-state index contributed by atoms with van der Waals surface area (Å²) < 4.78 is 16.6. The molecule has 0 aliphatic heterocycles. The maximum absolute atomic E-state index is 9.63. The Kier molecular flexibility index (Phi) is 50.1. The fourth-order valence-electron chi connectivity index (χ4n) is 2.03. The van der Waals surface area contributed by atoms with Crippen LogP contribution in [0, 0.1) is 29.2 Å². The Morgan fingerprint density at radius 1 is 0.405 bits per heavy atom. The van der Waals surface area contributed by atoms with Crippen LogP contribution in [0.2, 0.25) is 0 Å². The standard InChI is InChI=1S/4C6H12O3.Pu/c4*1-2-3-4-5-9-6(7)8;/h4*2-5H2,1H3,(H,7,8);/p-4. The fraction of sp³-hybridized carbons (Fsp3) is 0.833. The van der Waals surface area contributed by atoms with Crippen LogP contribution in [-0.2, 0) is 18.9 Å². The molecule has 0 bridgehead atoms. The minimum atomic E-state index is -1.42. The minimum Gasteiger partial charge on any atom is -0.550 e. The van der Waals surface area contributed by atoms with Crippen molar-refractivity contribution in [1.29, 1.82) is 0 Å². The Morgan fingerprint density at radius 3 is 0.676 bits per heavy atom. The van der Waals surface area contributed by atoms with Crippen molar-refractivity contribution in [1.82, 2.24) is 0 Å². The second-order valence-corrected chi connectivity index (χ2v) is 7.22. The molecule has 0 aromatic carbocycles. The molecule has 0 radical (unpaired) electrons. The molecule has 0 aromatic heterocycles. The Bertz CT molecular complexity index is 416. The van der Waals surface area contributed by atoms with E-state index in [1.54, 1.807) is 0 Å². The van der Waals surface area contributed by atoms with Gasteiger partial charge in [0.25, 0.3) is 24.6 Å². The average Bonchev–Trinajstić information content (AvgIpc) is 2.81. The first-order chi connectivity index (χ1) is 17.1. The molecular formula is C24H44O12Pu-4. The van der Waals surface area contributed by atoms with Crippen molar-refractivity contribution in [3.63, 3.8) is 0 Å². The molecule has 0 atom stereocenters. The number of unbranched alkanes of at least 4 members (excludes halogenated alkanes) is 8. The Labute approximate surface area is 242 Å². The van der Waals surface area contributed by atoms with Crippen LogP contribution >= 0.6 is 0 Å². The van der Waals surface area contributed by atoms with Crippen molar-refractivity contribution in [2.45, 2.75) is 105 Å². The van der Waals surface area contributed by atoms with E-state index in [-0.39, 0.29) is 55.6 Å². The van der Waals surface area contributed by atoms with E-state index in [0.717, 1.165) is 77.0 Å². The van der Waals surface area contributed by atoms with Crippen molar-refractivity contribution in [3.05, 3.63) is 0 Å². The molecule has 37 heavy (non-hydrogen) atoms. The number of rotatable bonds is 16. The Hall–Kier alpha value is -1.93. The third kappa shape index (κ3) is 71.9. The van der Waals surface area contributed by atoms with Crippen LogP contribution in [0.5, 0.6) is 0 Å². The summed E-state index contributed by atoms with van der Waals surface area (Å²) in [5.74, 6) is 0. The molecule has 0 unspecified atom stereocenters. The zero-order chi connectivity index (χ0) is 28.5. The predicted molar refractivity (Wildman–Crippen MR) is 123 cm³/mol. The van der Waals surface area contributed by atoms with Gasteiger partial charge in [-0.3, -0.25) is 0 Å². The van der Waals surface area contributed by atoms with E-state index in [1.165, 1.54) is 0 Å². The molecule has 222 valence electrons. The van der Waals surface area contributed by atoms with Gasteiger partial charge in [0, 0.05) is 55.6 Å². The number of carboxylic acid groups (broad SMARTS) is 4. The molecule has 13 heteroatoms. The van der Waals surface area contributed by atoms with E-state index in [4.69, 9.17) is 0 Å². The summed E-state index contributed by atoms with van der Waals surface area (Å²) in [5, 5.41) is 38.5. The zero-order valence-electron chi connectivity index (χ0n) is 22.6. The summed E-state index contributed by atoms with van der Waals surface area (Å²) >= 11 is 0. The maximum Gasteiger partial charge on any atom is 0.251 e. The van der Waals surface area contributed by atoms with Crippen LogP contribution in [-0.4, -0.2) is 51.0 Å². The molecule has 0 heterocycles. The van der Waals surface area contributed by atoms with E-state index in [0.29, 0.717) is 0 Å². The van der Waals surface area contributed by atoms with Gasteiger partial charge in [-0.1, -0.05) is 79.1 Å². The van der Waals surface area contributed by atoms with Crippen LogP contribution in [0.25, 0.3) is 0 Å². The third-order valence-corrected chi connectivity index (χ3v) is 3.87. The van der Waals surface area contributed by atoms with Crippen molar-refractivity contribution in [3.8, 4) is 0 Å². The van der Waals surface area contributed by atoms with E-state index in [2.05, 4.69) is 18.9 Å². The van der Waals surface area contributed by atoms with E-state index < -0.39 is 24.6 Å². The molecule has 0 saturated carbocycles. The number of hydrogen-bond donors (Lipinski definition) is 0. The summed E-state index contributed by atoms with van der Waals surface area (Å²) in [5.41, 5.74) is 0. The summed E-state index contributed by atoms with van der Waals surface area (Å²) in [4.78, 5) is 38.5. The molecular weight excluding hydrogens is 724 g/mol. The molecule has 0 aliphatic rings. The molecule has 0 aromatic rings. The quantitative estimate of drug-likeness (QED) is 0.126. The fourth-order valence-corrected chi connectivity index (χ4v) is 2.03. The molecule has 0 N–H and O–H groups in total. The van der Waals surface area contributed by atoms with Crippen LogP contribution < -0.4 is 20.4 Å². The largest absolute Gasteiger partial charge is 0.550 e. The molecule has 0 amide bonds. The smallest absolute Gasteiger partial charge is 0.251 e. The third-order valence-electron chi connectivity index (χ3n) is 3.87. The van der Waals surface area contributed by atoms with Crippen molar-refractivity contribution >= 4 is 24.6 Å². The number of carbonyl (C=O) groups is 4.